The van der Waals surface area contributed by atoms with Crippen LogP contribution in [0.25, 0.3) is 0 Å². The lowest BCUT2D eigenvalue weighted by atomic mass is 9.81. The highest BCUT2D eigenvalue weighted by atomic mass is 16.5. The number of amides is 2. The largest absolute Gasteiger partial charge is 0.497 e. The number of anilines is 1. The average Bonchev–Trinajstić information content (AvgIpc) is 2.62. The van der Waals surface area contributed by atoms with Crippen molar-refractivity contribution in [3.8, 4) is 5.75 Å². The normalized spacial score (nSPS) is 20.2. The summed E-state index contributed by atoms with van der Waals surface area (Å²) in [5.74, 6) is 0.936. The Morgan fingerprint density at radius 2 is 1.60 bits per heavy atom. The number of hydrogen-bond acceptors (Lipinski definition) is 4. The molecule has 6 heteroatoms. The summed E-state index contributed by atoms with van der Waals surface area (Å²) < 4.78 is 5.11. The van der Waals surface area contributed by atoms with Gasteiger partial charge in [-0.3, -0.25) is 9.59 Å². The van der Waals surface area contributed by atoms with E-state index in [1.165, 1.54) is 0 Å². The van der Waals surface area contributed by atoms with Gasteiger partial charge in [-0.05, 0) is 64.0 Å². The molecule has 0 bridgehead atoms. The van der Waals surface area contributed by atoms with Crippen molar-refractivity contribution >= 4 is 17.5 Å². The fourth-order valence-corrected chi connectivity index (χ4v) is 3.08. The minimum atomic E-state index is -0.0204. The first-order chi connectivity index (χ1) is 12.0. The fourth-order valence-electron chi connectivity index (χ4n) is 3.08. The molecule has 6 nitrogen and oxygen atoms in total. The molecule has 0 aromatic heterocycles. The third-order valence-corrected chi connectivity index (χ3v) is 4.68. The number of carbonyl (C=O) groups excluding carboxylic acids is 2. The van der Waals surface area contributed by atoms with Crippen molar-refractivity contribution in [3.05, 3.63) is 24.3 Å². The van der Waals surface area contributed by atoms with Crippen LogP contribution < -0.4 is 15.4 Å². The number of ether oxygens (including phenoxy) is 1. The molecule has 1 aromatic carbocycles. The Morgan fingerprint density at radius 1 is 1.04 bits per heavy atom. The smallest absolute Gasteiger partial charge is 0.227 e. The van der Waals surface area contributed by atoms with E-state index in [1.807, 2.05) is 43.3 Å². The summed E-state index contributed by atoms with van der Waals surface area (Å²) in [7, 11) is 5.58. The number of nitrogens with zero attached hydrogens (tertiary/aromatic N) is 1. The lowest BCUT2D eigenvalue weighted by Gasteiger charge is -2.27. The van der Waals surface area contributed by atoms with Crippen molar-refractivity contribution in [2.45, 2.75) is 25.7 Å². The van der Waals surface area contributed by atoms with E-state index in [2.05, 4.69) is 10.6 Å². The van der Waals surface area contributed by atoms with E-state index >= 15 is 0 Å². The highest BCUT2D eigenvalue weighted by Crippen LogP contribution is 2.30. The number of carbonyl (C=O) groups is 2. The zero-order chi connectivity index (χ0) is 18.2. The van der Waals surface area contributed by atoms with Crippen LogP contribution in [0.2, 0.25) is 0 Å². The second-order valence-electron chi connectivity index (χ2n) is 6.86. The summed E-state index contributed by atoms with van der Waals surface area (Å²) >= 11 is 0. The van der Waals surface area contributed by atoms with Gasteiger partial charge in [0.05, 0.1) is 7.11 Å². The molecule has 2 N–H and O–H groups in total. The fraction of sp³-hybridized carbons (Fsp3) is 0.579. The molecule has 2 amide bonds. The maximum absolute atomic E-state index is 12.4. The van der Waals surface area contributed by atoms with E-state index in [9.17, 15) is 9.59 Å². The van der Waals surface area contributed by atoms with Gasteiger partial charge < -0.3 is 20.3 Å². The molecule has 0 saturated heterocycles. The first kappa shape index (κ1) is 19.2. The van der Waals surface area contributed by atoms with Crippen LogP contribution in [-0.2, 0) is 9.59 Å². The Balaban J connectivity index is 1.74. The van der Waals surface area contributed by atoms with Crippen LogP contribution in [0.5, 0.6) is 5.75 Å². The van der Waals surface area contributed by atoms with E-state index in [1.54, 1.807) is 7.11 Å². The molecule has 1 saturated carbocycles. The Bertz CT molecular complexity index is 564. The van der Waals surface area contributed by atoms with Crippen molar-refractivity contribution in [3.63, 3.8) is 0 Å². The maximum atomic E-state index is 12.4. The van der Waals surface area contributed by atoms with Gasteiger partial charge in [0.1, 0.15) is 5.75 Å². The Labute approximate surface area is 149 Å². The first-order valence-electron chi connectivity index (χ1n) is 8.87. The molecule has 1 aliphatic rings. The van der Waals surface area contributed by atoms with Gasteiger partial charge in [-0.2, -0.15) is 0 Å². The molecule has 0 aliphatic heterocycles. The van der Waals surface area contributed by atoms with Crippen LogP contribution in [0.1, 0.15) is 25.7 Å². The molecule has 138 valence electrons. The second-order valence-corrected chi connectivity index (χ2v) is 6.86. The highest BCUT2D eigenvalue weighted by molar-refractivity contribution is 5.92. The summed E-state index contributed by atoms with van der Waals surface area (Å²) in [5.41, 5.74) is 0.773. The average molecular weight is 347 g/mol. The summed E-state index contributed by atoms with van der Waals surface area (Å²) in [5, 5.41) is 5.94. The quantitative estimate of drug-likeness (QED) is 0.793. The number of methoxy groups -OCH3 is 1. The van der Waals surface area contributed by atoms with E-state index in [0.29, 0.717) is 6.54 Å². The van der Waals surface area contributed by atoms with Crippen LogP contribution in [0.15, 0.2) is 24.3 Å². The number of rotatable bonds is 7. The van der Waals surface area contributed by atoms with Crippen LogP contribution >= 0.6 is 0 Å². The number of nitrogens with one attached hydrogen (secondary N) is 2. The van der Waals surface area contributed by atoms with E-state index in [4.69, 9.17) is 4.74 Å². The summed E-state index contributed by atoms with van der Waals surface area (Å²) in [6, 6.07) is 7.32. The Morgan fingerprint density at radius 3 is 2.12 bits per heavy atom. The summed E-state index contributed by atoms with van der Waals surface area (Å²) in [6.45, 7) is 1.51. The molecule has 1 aliphatic carbocycles. The minimum absolute atomic E-state index is 0.0204. The minimum Gasteiger partial charge on any atom is -0.497 e. The SMILES string of the molecule is COc1ccc(NC(=O)C2CCC(C(=O)NCCN(C)C)CC2)cc1. The van der Waals surface area contributed by atoms with Crippen molar-refractivity contribution in [2.75, 3.05) is 39.6 Å². The zero-order valence-corrected chi connectivity index (χ0v) is 15.4. The van der Waals surface area contributed by atoms with Gasteiger partial charge in [-0.1, -0.05) is 0 Å². The highest BCUT2D eigenvalue weighted by Gasteiger charge is 2.29. The third-order valence-electron chi connectivity index (χ3n) is 4.68. The molecule has 0 spiro atoms. The van der Waals surface area contributed by atoms with E-state index in [-0.39, 0.29) is 23.7 Å². The zero-order valence-electron chi connectivity index (χ0n) is 15.4. The standard InChI is InChI=1S/C19H29N3O3/c1-22(2)13-12-20-18(23)14-4-6-15(7-5-14)19(24)21-16-8-10-17(25-3)11-9-16/h8-11,14-15H,4-7,12-13H2,1-3H3,(H,20,23)(H,21,24). The molecule has 1 aromatic rings. The molecule has 0 radical (unpaired) electrons. The van der Waals surface area contributed by atoms with Crippen molar-refractivity contribution in [2.24, 2.45) is 11.8 Å². The number of likely N-dealkylation sites (N-methyl/N-ethyl adjacent to an activating group) is 1. The van der Waals surface area contributed by atoms with Gasteiger partial charge in [-0.25, -0.2) is 0 Å². The maximum Gasteiger partial charge on any atom is 0.227 e. The molecular formula is C19H29N3O3. The topological polar surface area (TPSA) is 70.7 Å². The van der Waals surface area contributed by atoms with Crippen LogP contribution in [0, 0.1) is 11.8 Å². The van der Waals surface area contributed by atoms with Crippen LogP contribution in [0.4, 0.5) is 5.69 Å². The lowest BCUT2D eigenvalue weighted by Crippen LogP contribution is -2.38. The Hall–Kier alpha value is -2.08. The van der Waals surface area contributed by atoms with Crippen LogP contribution in [0.3, 0.4) is 0 Å². The lowest BCUT2D eigenvalue weighted by molar-refractivity contribution is -0.128. The van der Waals surface area contributed by atoms with Crippen LogP contribution in [-0.4, -0.2) is 51.0 Å². The number of benzene rings is 1. The van der Waals surface area contributed by atoms with Crippen molar-refractivity contribution < 1.29 is 14.3 Å². The van der Waals surface area contributed by atoms with E-state index in [0.717, 1.165) is 43.7 Å². The monoisotopic (exact) mass is 347 g/mol. The third kappa shape index (κ3) is 6.05. The molecule has 0 heterocycles. The first-order valence-corrected chi connectivity index (χ1v) is 8.87. The second kappa shape index (κ2) is 9.42. The van der Waals surface area contributed by atoms with E-state index < -0.39 is 0 Å². The molecule has 0 atom stereocenters. The van der Waals surface area contributed by atoms with Gasteiger partial charge in [0, 0.05) is 30.6 Å². The van der Waals surface area contributed by atoms with Gasteiger partial charge in [0.25, 0.3) is 0 Å². The number of hydrogen-bond donors (Lipinski definition) is 2. The van der Waals surface area contributed by atoms with Gasteiger partial charge in [0.2, 0.25) is 11.8 Å². The predicted octanol–water partition coefficient (Wildman–Crippen LogP) is 2.12. The molecule has 0 unspecified atom stereocenters. The molecule has 2 rings (SSSR count). The van der Waals surface area contributed by atoms with Crippen molar-refractivity contribution in [1.82, 2.24) is 10.2 Å². The van der Waals surface area contributed by atoms with Gasteiger partial charge in [-0.15, -0.1) is 0 Å². The summed E-state index contributed by atoms with van der Waals surface area (Å²) in [6.07, 6.45) is 3.06. The molecule has 1 fully saturated rings. The van der Waals surface area contributed by atoms with Gasteiger partial charge in [0.15, 0.2) is 0 Å². The van der Waals surface area contributed by atoms with Gasteiger partial charge >= 0.3 is 0 Å². The molecular weight excluding hydrogens is 318 g/mol. The van der Waals surface area contributed by atoms with Crippen molar-refractivity contribution in [1.29, 1.82) is 0 Å². The summed E-state index contributed by atoms with van der Waals surface area (Å²) in [4.78, 5) is 26.6. The predicted molar refractivity (Wildman–Crippen MR) is 98.6 cm³/mol. The molecule has 25 heavy (non-hydrogen) atoms. The Kier molecular flexibility index (Phi) is 7.25.